The number of hydrogen-bond donors (Lipinski definition) is 2. The summed E-state index contributed by atoms with van der Waals surface area (Å²) in [6.07, 6.45) is 13.4. The number of rotatable bonds is 9. The van der Waals surface area contributed by atoms with Crippen LogP contribution < -0.4 is 10.5 Å². The summed E-state index contributed by atoms with van der Waals surface area (Å²) in [6.45, 7) is 2.37. The fraction of sp³-hybridized carbons (Fsp3) is 0.424. The predicted octanol–water partition coefficient (Wildman–Crippen LogP) is 5.64. The van der Waals surface area contributed by atoms with Gasteiger partial charge in [-0.25, -0.2) is 14.6 Å². The average molecular weight is 568 g/mol. The van der Waals surface area contributed by atoms with E-state index in [-0.39, 0.29) is 6.04 Å². The highest BCUT2D eigenvalue weighted by Crippen LogP contribution is 2.35. The summed E-state index contributed by atoms with van der Waals surface area (Å²) in [5.41, 5.74) is 8.76. The van der Waals surface area contributed by atoms with Crippen molar-refractivity contribution in [1.82, 2.24) is 29.5 Å². The molecule has 9 nitrogen and oxygen atoms in total. The molecule has 2 atom stereocenters. The lowest BCUT2D eigenvalue weighted by atomic mass is 9.94. The van der Waals surface area contributed by atoms with Crippen LogP contribution >= 0.6 is 0 Å². The monoisotopic (exact) mass is 567 g/mol. The van der Waals surface area contributed by atoms with Crippen LogP contribution in [0.25, 0.3) is 22.3 Å². The van der Waals surface area contributed by atoms with E-state index in [0.717, 1.165) is 54.1 Å². The average Bonchev–Trinajstić information content (AvgIpc) is 3.43. The van der Waals surface area contributed by atoms with Gasteiger partial charge in [-0.15, -0.1) is 0 Å². The molecule has 2 unspecified atom stereocenters. The number of aromatic nitrogens is 4. The smallest absolute Gasteiger partial charge is 0.164 e. The molecule has 9 heteroatoms. The van der Waals surface area contributed by atoms with E-state index in [2.05, 4.69) is 32.9 Å². The first kappa shape index (κ1) is 28.3. The van der Waals surface area contributed by atoms with Crippen LogP contribution in [-0.2, 0) is 0 Å². The van der Waals surface area contributed by atoms with Crippen molar-refractivity contribution in [3.63, 3.8) is 0 Å². The minimum Gasteiger partial charge on any atom is -0.457 e. The maximum atomic E-state index is 11.1. The van der Waals surface area contributed by atoms with Gasteiger partial charge in [0.2, 0.25) is 0 Å². The Hall–Kier alpha value is -3.79. The molecule has 2 aromatic heterocycles. The Morgan fingerprint density at radius 2 is 1.76 bits per heavy atom. The van der Waals surface area contributed by atoms with Crippen LogP contribution in [0.15, 0.2) is 73.1 Å². The van der Waals surface area contributed by atoms with Gasteiger partial charge < -0.3 is 15.6 Å². The highest BCUT2D eigenvalue weighted by molar-refractivity contribution is 5.98. The molecule has 220 valence electrons. The number of aliphatic hydroxyl groups is 1. The Kier molecular flexibility index (Phi) is 8.79. The summed E-state index contributed by atoms with van der Waals surface area (Å²) >= 11 is 0. The number of fused-ring (bicyclic) bond motifs is 1. The lowest BCUT2D eigenvalue weighted by molar-refractivity contribution is 0.0121. The molecule has 6 rings (SSSR count). The van der Waals surface area contributed by atoms with Crippen molar-refractivity contribution >= 4 is 16.9 Å². The van der Waals surface area contributed by atoms with Crippen LogP contribution in [0.4, 0.5) is 5.82 Å². The molecule has 1 saturated heterocycles. The maximum absolute atomic E-state index is 11.1. The fourth-order valence-electron chi connectivity index (χ4n) is 6.32. The van der Waals surface area contributed by atoms with E-state index in [0.29, 0.717) is 24.1 Å². The molecular weight excluding hydrogens is 526 g/mol. The molecule has 4 aromatic rings. The number of para-hydroxylation sites is 1. The van der Waals surface area contributed by atoms with E-state index in [1.165, 1.54) is 38.4 Å². The Morgan fingerprint density at radius 3 is 2.55 bits per heavy atom. The van der Waals surface area contributed by atoms with Crippen LogP contribution in [-0.4, -0.2) is 73.6 Å². The third kappa shape index (κ3) is 6.33. The van der Waals surface area contributed by atoms with Crippen molar-refractivity contribution < 1.29 is 9.84 Å². The summed E-state index contributed by atoms with van der Waals surface area (Å²) in [6, 6.07) is 18.3. The lowest BCUT2D eigenvalue weighted by Gasteiger charge is -2.35. The zero-order valence-electron chi connectivity index (χ0n) is 24.3. The number of benzene rings is 2. The highest BCUT2D eigenvalue weighted by Gasteiger charge is 2.28. The Morgan fingerprint density at radius 1 is 1.00 bits per heavy atom. The first-order valence-corrected chi connectivity index (χ1v) is 15.2. The summed E-state index contributed by atoms with van der Waals surface area (Å²) < 4.78 is 7.96. The van der Waals surface area contributed by atoms with E-state index >= 15 is 0 Å². The van der Waals surface area contributed by atoms with E-state index in [1.807, 2.05) is 65.4 Å². The zero-order chi connectivity index (χ0) is 28.9. The summed E-state index contributed by atoms with van der Waals surface area (Å²) in [4.78, 5) is 13.4. The van der Waals surface area contributed by atoms with Crippen molar-refractivity contribution in [3.05, 3.63) is 73.1 Å². The van der Waals surface area contributed by atoms with Gasteiger partial charge in [0.25, 0.3) is 0 Å². The molecule has 2 aromatic carbocycles. The maximum Gasteiger partial charge on any atom is 0.164 e. The van der Waals surface area contributed by atoms with Gasteiger partial charge in [0.1, 0.15) is 35.6 Å². The van der Waals surface area contributed by atoms with Crippen LogP contribution in [0.3, 0.4) is 0 Å². The number of ether oxygens (including phenoxy) is 1. The van der Waals surface area contributed by atoms with Gasteiger partial charge in [-0.3, -0.25) is 9.80 Å². The molecular formula is C33H41N7O2. The van der Waals surface area contributed by atoms with Gasteiger partial charge >= 0.3 is 0 Å². The first-order valence-electron chi connectivity index (χ1n) is 15.2. The third-order valence-electron chi connectivity index (χ3n) is 8.67. The summed E-state index contributed by atoms with van der Waals surface area (Å²) in [5, 5.41) is 16.9. The van der Waals surface area contributed by atoms with Crippen molar-refractivity contribution in [3.8, 4) is 22.8 Å². The number of likely N-dealkylation sites (tertiary alicyclic amines) is 1. The number of nitrogens with zero attached hydrogens (tertiary/aromatic N) is 6. The molecule has 0 spiro atoms. The summed E-state index contributed by atoms with van der Waals surface area (Å²) in [5.74, 6) is 1.93. The lowest BCUT2D eigenvalue weighted by Crippen LogP contribution is -2.42. The standard InChI is InChI=1S/C33H41N7O2/c1-38(25-10-4-2-5-11-25)20-9-15-29(41)39-21-8-12-26(22-39)40-33-30(32(34)35-23-36-33)31(37-40)24-16-18-28(19-17-24)42-27-13-6-3-7-14-27/h3,6-7,9,13-19,23,25-26,29,41H,2,4-5,8,10-12,20-22H2,1H3,(H2,34,35,36). The van der Waals surface area contributed by atoms with Crippen molar-refractivity contribution in [2.75, 3.05) is 32.4 Å². The predicted molar refractivity (Wildman–Crippen MR) is 166 cm³/mol. The van der Waals surface area contributed by atoms with Crippen LogP contribution in [0.2, 0.25) is 0 Å². The third-order valence-corrected chi connectivity index (χ3v) is 8.67. The van der Waals surface area contributed by atoms with Crippen LogP contribution in [0.1, 0.15) is 51.0 Å². The normalized spacial score (nSPS) is 19.5. The van der Waals surface area contributed by atoms with Gasteiger partial charge in [0.15, 0.2) is 5.65 Å². The van der Waals surface area contributed by atoms with Gasteiger partial charge in [0, 0.05) is 31.2 Å². The number of anilines is 1. The van der Waals surface area contributed by atoms with Gasteiger partial charge in [-0.1, -0.05) is 43.5 Å². The molecule has 3 heterocycles. The number of hydrogen-bond acceptors (Lipinski definition) is 8. The molecule has 0 bridgehead atoms. The molecule has 2 fully saturated rings. The van der Waals surface area contributed by atoms with Crippen molar-refractivity contribution in [2.24, 2.45) is 0 Å². The van der Waals surface area contributed by atoms with E-state index < -0.39 is 6.23 Å². The minimum atomic E-state index is -0.634. The SMILES string of the molecule is CN(CC=CC(O)N1CCCC(n2nc(-c3ccc(Oc4ccccc4)cc3)c3c(N)ncnc32)C1)C1CCCCC1. The number of likely N-dealkylation sites (N-methyl/N-ethyl adjacent to an activating group) is 1. The van der Waals surface area contributed by atoms with E-state index in [4.69, 9.17) is 15.6 Å². The fourth-order valence-corrected chi connectivity index (χ4v) is 6.32. The molecule has 2 aliphatic rings. The second kappa shape index (κ2) is 13.0. The van der Waals surface area contributed by atoms with Crippen LogP contribution in [0, 0.1) is 0 Å². The molecule has 0 radical (unpaired) electrons. The van der Waals surface area contributed by atoms with Crippen molar-refractivity contribution in [2.45, 2.75) is 63.3 Å². The molecule has 3 N–H and O–H groups in total. The van der Waals surface area contributed by atoms with E-state index in [1.54, 1.807) is 0 Å². The first-order chi connectivity index (χ1) is 20.6. The Labute approximate surface area is 247 Å². The van der Waals surface area contributed by atoms with Crippen molar-refractivity contribution in [1.29, 1.82) is 0 Å². The Bertz CT molecular complexity index is 1480. The summed E-state index contributed by atoms with van der Waals surface area (Å²) in [7, 11) is 2.20. The molecule has 1 saturated carbocycles. The van der Waals surface area contributed by atoms with Gasteiger partial charge in [0.05, 0.1) is 11.4 Å². The van der Waals surface area contributed by atoms with Gasteiger partial charge in [-0.2, -0.15) is 5.10 Å². The molecule has 42 heavy (non-hydrogen) atoms. The van der Waals surface area contributed by atoms with Crippen LogP contribution in [0.5, 0.6) is 11.5 Å². The highest BCUT2D eigenvalue weighted by atomic mass is 16.5. The number of nitrogens with two attached hydrogens (primary N) is 1. The van der Waals surface area contributed by atoms with E-state index in [9.17, 15) is 5.11 Å². The largest absolute Gasteiger partial charge is 0.457 e. The molecule has 1 aliphatic heterocycles. The minimum absolute atomic E-state index is 0.0537. The second-order valence-electron chi connectivity index (χ2n) is 11.6. The van der Waals surface area contributed by atoms with Gasteiger partial charge in [-0.05, 0) is 75.2 Å². The molecule has 1 aliphatic carbocycles. The Balaban J connectivity index is 1.18. The number of aliphatic hydroxyl groups excluding tert-OH is 1. The second-order valence-corrected chi connectivity index (χ2v) is 11.6. The topological polar surface area (TPSA) is 106 Å². The zero-order valence-corrected chi connectivity index (χ0v) is 24.3. The number of nitrogen functional groups attached to an aromatic ring is 1. The molecule has 0 amide bonds. The quantitative estimate of drug-likeness (QED) is 0.250. The number of piperidine rings is 1.